The number of carbonyl (C=O) groups excluding carboxylic acids is 4. The first kappa shape index (κ1) is 30.7. The average molecular weight is 573 g/mol. The predicted octanol–water partition coefficient (Wildman–Crippen LogP) is 1.84. The molecule has 1 aliphatic carbocycles. The van der Waals surface area contributed by atoms with Gasteiger partial charge in [0, 0.05) is 18.9 Å². The van der Waals surface area contributed by atoms with Crippen molar-refractivity contribution in [3.8, 4) is 0 Å². The van der Waals surface area contributed by atoms with Gasteiger partial charge in [0.15, 0.2) is 0 Å². The van der Waals surface area contributed by atoms with Crippen LogP contribution in [0.2, 0.25) is 0 Å². The van der Waals surface area contributed by atoms with Gasteiger partial charge in [0.2, 0.25) is 5.91 Å². The molecule has 0 aromatic rings. The number of nitrogens with zero attached hydrogens (tertiary/aromatic N) is 2. The SMILES string of the molecule is CCOC(=O)C12CC1/C=C\CCCCCN(NC(=O)OC(C)(C)C)C(=O)N1CC(OS(C)(=O)=O)CC1C(=O)N2. The number of rotatable bonds is 5. The summed E-state index contributed by atoms with van der Waals surface area (Å²) in [4.78, 5) is 53.9. The number of ether oxygens (including phenoxy) is 2. The normalized spacial score (nSPS) is 29.2. The zero-order chi connectivity index (χ0) is 29.0. The molecule has 2 N–H and O–H groups in total. The third kappa shape index (κ3) is 8.31. The van der Waals surface area contributed by atoms with Crippen molar-refractivity contribution in [1.82, 2.24) is 20.7 Å². The second-order valence-corrected chi connectivity index (χ2v) is 12.7. The Morgan fingerprint density at radius 3 is 2.56 bits per heavy atom. The largest absolute Gasteiger partial charge is 0.464 e. The first-order chi connectivity index (χ1) is 18.1. The van der Waals surface area contributed by atoms with E-state index in [0.29, 0.717) is 12.8 Å². The molecule has 0 spiro atoms. The molecule has 2 aliphatic heterocycles. The summed E-state index contributed by atoms with van der Waals surface area (Å²) >= 11 is 0. The monoisotopic (exact) mass is 572 g/mol. The standard InChI is InChI=1S/C25H40N4O9S/c1-6-36-21(31)25-15-17(25)12-10-8-7-9-11-13-29(27-22(32)37-24(2,3)4)23(33)28-16-18(38-39(5,34)35)14-19(28)20(30)26-25/h10,12,17-19H,6-9,11,13-16H2,1-5H3,(H,26,30)(H,27,32)/b12-10-. The van der Waals surface area contributed by atoms with Gasteiger partial charge in [-0.25, -0.2) is 24.8 Å². The Morgan fingerprint density at radius 1 is 1.21 bits per heavy atom. The van der Waals surface area contributed by atoms with Crippen LogP contribution in [0.3, 0.4) is 0 Å². The molecule has 3 aliphatic rings. The minimum atomic E-state index is -3.89. The molecule has 0 aromatic heterocycles. The quantitative estimate of drug-likeness (QED) is 0.284. The molecule has 39 heavy (non-hydrogen) atoms. The van der Waals surface area contributed by atoms with Crippen molar-refractivity contribution in [3.63, 3.8) is 0 Å². The second kappa shape index (κ2) is 12.1. The van der Waals surface area contributed by atoms with Gasteiger partial charge in [-0.05, 0) is 53.4 Å². The molecule has 220 valence electrons. The number of esters is 1. The molecule has 1 saturated heterocycles. The smallest absolute Gasteiger partial charge is 0.426 e. The predicted molar refractivity (Wildman–Crippen MR) is 140 cm³/mol. The molecule has 14 heteroatoms. The van der Waals surface area contributed by atoms with E-state index in [-0.39, 0.29) is 32.0 Å². The Morgan fingerprint density at radius 2 is 1.92 bits per heavy atom. The van der Waals surface area contributed by atoms with Gasteiger partial charge in [0.05, 0.1) is 25.5 Å². The maximum atomic E-state index is 13.7. The van der Waals surface area contributed by atoms with Crippen molar-refractivity contribution in [2.45, 2.75) is 89.5 Å². The second-order valence-electron chi connectivity index (χ2n) is 11.1. The third-order valence-electron chi connectivity index (χ3n) is 6.60. The van der Waals surface area contributed by atoms with Gasteiger partial charge in [0.25, 0.3) is 10.1 Å². The molecule has 2 heterocycles. The number of nitrogens with one attached hydrogen (secondary N) is 2. The lowest BCUT2D eigenvalue weighted by Gasteiger charge is -2.32. The first-order valence-electron chi connectivity index (χ1n) is 13.3. The number of urea groups is 1. The number of hydrogen-bond donors (Lipinski definition) is 2. The molecule has 1 saturated carbocycles. The minimum Gasteiger partial charge on any atom is -0.464 e. The van der Waals surface area contributed by atoms with E-state index in [1.165, 1.54) is 0 Å². The van der Waals surface area contributed by atoms with Gasteiger partial charge in [-0.15, -0.1) is 0 Å². The summed E-state index contributed by atoms with van der Waals surface area (Å²) in [5.41, 5.74) is 0.396. The summed E-state index contributed by atoms with van der Waals surface area (Å²) in [6.07, 6.45) is 6.02. The fourth-order valence-electron chi connectivity index (χ4n) is 4.82. The molecule has 4 atom stereocenters. The highest BCUT2D eigenvalue weighted by atomic mass is 32.2. The van der Waals surface area contributed by atoms with Crippen LogP contribution < -0.4 is 10.7 Å². The summed E-state index contributed by atoms with van der Waals surface area (Å²) < 4.78 is 39.4. The van der Waals surface area contributed by atoms with E-state index in [4.69, 9.17) is 13.7 Å². The summed E-state index contributed by atoms with van der Waals surface area (Å²) in [6.45, 7) is 6.79. The fraction of sp³-hybridized carbons (Fsp3) is 0.760. The lowest BCUT2D eigenvalue weighted by atomic mass is 10.1. The zero-order valence-corrected chi connectivity index (χ0v) is 24.0. The van der Waals surface area contributed by atoms with Crippen LogP contribution in [-0.4, -0.2) is 91.6 Å². The van der Waals surface area contributed by atoms with Crippen LogP contribution >= 0.6 is 0 Å². The Labute approximate surface area is 229 Å². The topological polar surface area (TPSA) is 161 Å². The number of fused-ring (bicyclic) bond motifs is 2. The van der Waals surface area contributed by atoms with Gasteiger partial charge in [-0.2, -0.15) is 8.42 Å². The Balaban J connectivity index is 1.92. The van der Waals surface area contributed by atoms with E-state index in [0.717, 1.165) is 35.4 Å². The van der Waals surface area contributed by atoms with Gasteiger partial charge in [-0.1, -0.05) is 18.6 Å². The molecule has 0 bridgehead atoms. The third-order valence-corrected chi connectivity index (χ3v) is 7.22. The maximum absolute atomic E-state index is 13.7. The number of carbonyl (C=O) groups is 4. The van der Waals surface area contributed by atoms with E-state index in [2.05, 4.69) is 10.7 Å². The Bertz CT molecular complexity index is 1090. The maximum Gasteiger partial charge on any atom is 0.426 e. The van der Waals surface area contributed by atoms with Crippen molar-refractivity contribution in [2.75, 3.05) is 26.0 Å². The van der Waals surface area contributed by atoms with Crippen LogP contribution in [0.4, 0.5) is 9.59 Å². The van der Waals surface area contributed by atoms with Gasteiger partial charge in [0.1, 0.15) is 17.2 Å². The highest BCUT2D eigenvalue weighted by molar-refractivity contribution is 7.86. The molecule has 2 fully saturated rings. The van der Waals surface area contributed by atoms with Crippen LogP contribution in [0.5, 0.6) is 0 Å². The summed E-state index contributed by atoms with van der Waals surface area (Å²) in [5, 5.41) is 3.87. The number of allylic oxidation sites excluding steroid dienone is 1. The summed E-state index contributed by atoms with van der Waals surface area (Å²) in [5.74, 6) is -1.46. The van der Waals surface area contributed by atoms with E-state index in [1.807, 2.05) is 12.2 Å². The van der Waals surface area contributed by atoms with Crippen LogP contribution in [0.15, 0.2) is 12.2 Å². The van der Waals surface area contributed by atoms with Crippen LogP contribution in [0.25, 0.3) is 0 Å². The lowest BCUT2D eigenvalue weighted by molar-refractivity contribution is -0.149. The molecule has 0 radical (unpaired) electrons. The van der Waals surface area contributed by atoms with Crippen LogP contribution in [0.1, 0.15) is 66.2 Å². The van der Waals surface area contributed by atoms with E-state index in [9.17, 15) is 27.6 Å². The van der Waals surface area contributed by atoms with Crippen molar-refractivity contribution in [1.29, 1.82) is 0 Å². The lowest BCUT2D eigenvalue weighted by Crippen LogP contribution is -2.58. The minimum absolute atomic E-state index is 0.121. The van der Waals surface area contributed by atoms with Crippen LogP contribution in [0, 0.1) is 5.92 Å². The number of hydrogen-bond acceptors (Lipinski definition) is 9. The molecule has 4 amide bonds. The average Bonchev–Trinajstić information content (AvgIpc) is 3.33. The highest BCUT2D eigenvalue weighted by Gasteiger charge is 2.62. The summed E-state index contributed by atoms with van der Waals surface area (Å²) in [6, 6.07) is -1.88. The van der Waals surface area contributed by atoms with Crippen molar-refractivity contribution < 1.29 is 41.3 Å². The summed E-state index contributed by atoms with van der Waals surface area (Å²) in [7, 11) is -3.89. The van der Waals surface area contributed by atoms with Gasteiger partial charge >= 0.3 is 18.1 Å². The Hall–Kier alpha value is -2.87. The van der Waals surface area contributed by atoms with Gasteiger partial charge < -0.3 is 19.7 Å². The van der Waals surface area contributed by atoms with E-state index in [1.54, 1.807) is 27.7 Å². The van der Waals surface area contributed by atoms with Crippen molar-refractivity contribution in [2.24, 2.45) is 5.92 Å². The van der Waals surface area contributed by atoms with E-state index >= 15 is 0 Å². The van der Waals surface area contributed by atoms with Gasteiger partial charge in [-0.3, -0.25) is 8.98 Å². The number of amides is 4. The molecule has 0 aromatic carbocycles. The fourth-order valence-corrected chi connectivity index (χ4v) is 5.46. The van der Waals surface area contributed by atoms with E-state index < -0.39 is 57.4 Å². The zero-order valence-electron chi connectivity index (χ0n) is 23.2. The Kier molecular flexibility index (Phi) is 9.52. The molecule has 13 nitrogen and oxygen atoms in total. The first-order valence-corrected chi connectivity index (χ1v) is 15.1. The molecule has 4 unspecified atom stereocenters. The molecular formula is C25H40N4O9S. The van der Waals surface area contributed by atoms with Crippen molar-refractivity contribution >= 4 is 34.1 Å². The molecule has 3 rings (SSSR count). The number of hydrazine groups is 1. The van der Waals surface area contributed by atoms with Crippen molar-refractivity contribution in [3.05, 3.63) is 12.2 Å². The highest BCUT2D eigenvalue weighted by Crippen LogP contribution is 2.46. The molecular weight excluding hydrogens is 532 g/mol. The van der Waals surface area contributed by atoms with Crippen LogP contribution in [-0.2, 0) is 33.4 Å².